The summed E-state index contributed by atoms with van der Waals surface area (Å²) in [6.07, 6.45) is 0.430. The number of amides is 7. The van der Waals surface area contributed by atoms with Crippen LogP contribution in [-0.2, 0) is 40.0 Å². The first-order valence-electron chi connectivity index (χ1n) is 21.4. The van der Waals surface area contributed by atoms with Crippen molar-refractivity contribution >= 4 is 58.3 Å². The number of likely N-dealkylation sites (N-methyl/N-ethyl adjacent to an activating group) is 1. The van der Waals surface area contributed by atoms with Crippen LogP contribution in [0.4, 0.5) is 0 Å². The molecule has 2 aliphatic heterocycles. The number of carbonyl (C=O) groups is 7. The third kappa shape index (κ3) is 13.9. The van der Waals surface area contributed by atoms with Crippen LogP contribution < -0.4 is 31.9 Å². The maximum atomic E-state index is 13.7. The van der Waals surface area contributed by atoms with Gasteiger partial charge in [0.25, 0.3) is 5.91 Å². The van der Waals surface area contributed by atoms with Gasteiger partial charge in [0.05, 0.1) is 56.6 Å². The molecule has 66 heavy (non-hydrogen) atoms. The fraction of sp³-hybridized carbons (Fsp3) is 0.413. The van der Waals surface area contributed by atoms with Gasteiger partial charge in [0, 0.05) is 43.0 Å². The van der Waals surface area contributed by atoms with E-state index in [-0.39, 0.29) is 6.42 Å². The van der Waals surface area contributed by atoms with Crippen LogP contribution in [0.2, 0.25) is 0 Å². The Bertz CT molecular complexity index is 2330. The zero-order valence-corrected chi connectivity index (χ0v) is 36.8. The van der Waals surface area contributed by atoms with Gasteiger partial charge < -0.3 is 67.3 Å². The van der Waals surface area contributed by atoms with Gasteiger partial charge in [-0.2, -0.15) is 0 Å². The molecule has 20 heteroatoms. The van der Waals surface area contributed by atoms with Gasteiger partial charge in [-0.25, -0.2) is 0 Å². The molecule has 20 nitrogen and oxygen atoms in total. The second kappa shape index (κ2) is 23.0. The summed E-state index contributed by atoms with van der Waals surface area (Å²) in [5.41, 5.74) is 0.785. The molecule has 2 fully saturated rings. The average molecular weight is 915 g/mol. The molecule has 12 N–H and O–H groups in total. The number of rotatable bonds is 9. The number of aliphatic hydroxyl groups is 5. The average Bonchev–Trinajstić information content (AvgIpc) is 3.82. The van der Waals surface area contributed by atoms with Gasteiger partial charge in [-0.3, -0.25) is 33.6 Å². The fourth-order valence-corrected chi connectivity index (χ4v) is 7.46. The number of aromatic nitrogens is 1. The molecule has 2 saturated heterocycles. The second-order valence-electron chi connectivity index (χ2n) is 16.6. The van der Waals surface area contributed by atoms with E-state index in [2.05, 4.69) is 36.9 Å². The van der Waals surface area contributed by atoms with E-state index in [9.17, 15) is 59.1 Å². The van der Waals surface area contributed by atoms with E-state index in [4.69, 9.17) is 0 Å². The smallest absolute Gasteiger partial charge is 0.251 e. The Morgan fingerprint density at radius 2 is 1.58 bits per heavy atom. The Balaban J connectivity index is 1.35. The Morgan fingerprint density at radius 1 is 0.864 bits per heavy atom. The highest BCUT2D eigenvalue weighted by Gasteiger charge is 2.49. The van der Waals surface area contributed by atoms with Gasteiger partial charge in [-0.15, -0.1) is 0 Å². The molecule has 354 valence electrons. The summed E-state index contributed by atoms with van der Waals surface area (Å²) in [4.78, 5) is 96.8. The molecule has 0 saturated carbocycles. The molecule has 0 radical (unpaired) electrons. The number of aromatic amines is 1. The van der Waals surface area contributed by atoms with E-state index in [1.54, 1.807) is 30.5 Å². The van der Waals surface area contributed by atoms with Gasteiger partial charge in [0.1, 0.15) is 12.1 Å². The number of hydrogen-bond donors (Lipinski definition) is 12. The number of allylic oxidation sites excluding steroid dienone is 4. The lowest BCUT2D eigenvalue weighted by molar-refractivity contribution is -0.145. The van der Waals surface area contributed by atoms with E-state index in [0.717, 1.165) is 26.9 Å². The van der Waals surface area contributed by atoms with Crippen LogP contribution in [0.3, 0.4) is 0 Å². The largest absolute Gasteiger partial charge is 0.391 e. The molecular weight excluding hydrogens is 857 g/mol. The van der Waals surface area contributed by atoms with Gasteiger partial charge in [-0.1, -0.05) is 91.4 Å². The quantitative estimate of drug-likeness (QED) is 0.105. The van der Waals surface area contributed by atoms with Crippen molar-refractivity contribution in [2.45, 2.75) is 87.8 Å². The number of fused-ring (bicyclic) bond motifs is 2. The minimum atomic E-state index is -2.46. The molecule has 3 heterocycles. The SMILES string of the molecule is CC(/C=C/c1ccccc1)=C\C=C\[C@@H](C)[C@H](O)[C@@H](O)[C@H]1NC(=O)C[C@@H](O)CNC(=O)CNC(=O)[C@@H](Cc2c[nH]c3ccccc23)NC(=O)CN(C)C(=O)C[C@]2(O)NC(=O)C[C@H]2NC(=O)[C@H]1O. The molecule has 3 aromatic rings. The van der Waals surface area contributed by atoms with Crippen molar-refractivity contribution in [1.29, 1.82) is 0 Å². The van der Waals surface area contributed by atoms with Crippen molar-refractivity contribution in [3.63, 3.8) is 0 Å². The molecule has 0 unspecified atom stereocenters. The first-order valence-corrected chi connectivity index (χ1v) is 21.4. The number of nitrogens with zero attached hydrogens (tertiary/aromatic N) is 1. The summed E-state index contributed by atoms with van der Waals surface area (Å²) in [5.74, 6) is -7.23. The Morgan fingerprint density at radius 3 is 2.32 bits per heavy atom. The van der Waals surface area contributed by atoms with Gasteiger partial charge >= 0.3 is 0 Å². The van der Waals surface area contributed by atoms with E-state index < -0.39 is 134 Å². The lowest BCUT2D eigenvalue weighted by atomic mass is 9.91. The van der Waals surface area contributed by atoms with Crippen molar-refractivity contribution in [1.82, 2.24) is 41.8 Å². The molecule has 1 aromatic heterocycles. The van der Waals surface area contributed by atoms with E-state index >= 15 is 0 Å². The predicted molar refractivity (Wildman–Crippen MR) is 240 cm³/mol. The van der Waals surface area contributed by atoms with E-state index in [1.807, 2.05) is 67.6 Å². The maximum Gasteiger partial charge on any atom is 0.251 e. The van der Waals surface area contributed by atoms with Crippen LogP contribution in [0.25, 0.3) is 17.0 Å². The molecule has 7 amide bonds. The Kier molecular flexibility index (Phi) is 17.5. The number of hydrogen-bond acceptors (Lipinski definition) is 12. The standard InChI is InChI=1S/C46H58N8O12/c1-26(16-17-28-12-5-4-6-13-28)10-9-11-27(2)41(61)42(62)40-43(63)45(65)51-34-20-36(57)53-46(34,66)21-39(60)54(3)25-38(59)50-33(18-29-22-47-32-15-8-7-14-31(29)32)44(64)49-24-37(58)48-23-30(55)19-35(56)52-40/h4-17,22,27,30,33-34,40-43,47,55,61-63,66H,18-21,23-25H2,1-3H3,(H,48,58)(H,49,64)(H,50,59)(H,51,65)(H,52,56)(H,53,57)/b11-9+,17-16+,26-10+/t27-,30-,33-,34-,40-,41+,42+,43+,46-/m1/s1. The first-order chi connectivity index (χ1) is 31.3. The minimum Gasteiger partial charge on any atom is -0.391 e. The summed E-state index contributed by atoms with van der Waals surface area (Å²) in [6.45, 7) is 1.63. The number of H-pyrrole nitrogens is 1. The minimum absolute atomic E-state index is 0.0412. The van der Waals surface area contributed by atoms with Crippen LogP contribution >= 0.6 is 0 Å². The third-order valence-corrected chi connectivity index (χ3v) is 11.3. The van der Waals surface area contributed by atoms with E-state index in [0.29, 0.717) is 5.56 Å². The highest BCUT2D eigenvalue weighted by Crippen LogP contribution is 2.24. The number of carbonyl (C=O) groups excluding carboxylic acids is 7. The topological polar surface area (TPSA) is 312 Å². The van der Waals surface area contributed by atoms with Crippen LogP contribution in [0, 0.1) is 5.92 Å². The fourth-order valence-electron chi connectivity index (χ4n) is 7.46. The second-order valence-corrected chi connectivity index (χ2v) is 16.6. The number of aliphatic hydroxyl groups excluding tert-OH is 4. The summed E-state index contributed by atoms with van der Waals surface area (Å²) in [5, 5.41) is 71.3. The van der Waals surface area contributed by atoms with Crippen LogP contribution in [0.1, 0.15) is 44.2 Å². The monoisotopic (exact) mass is 914 g/mol. The summed E-state index contributed by atoms with van der Waals surface area (Å²) in [6, 6.07) is 12.0. The lowest BCUT2D eigenvalue weighted by Gasteiger charge is -2.34. The highest BCUT2D eigenvalue weighted by molar-refractivity contribution is 5.94. The maximum absolute atomic E-state index is 13.7. The van der Waals surface area contributed by atoms with Crippen molar-refractivity contribution in [2.24, 2.45) is 5.92 Å². The molecule has 0 aliphatic carbocycles. The normalized spacial score (nSPS) is 26.5. The molecule has 9 atom stereocenters. The zero-order valence-electron chi connectivity index (χ0n) is 36.8. The number of nitrogens with one attached hydrogen (secondary N) is 7. The first kappa shape index (κ1) is 50.3. The summed E-state index contributed by atoms with van der Waals surface area (Å²) < 4.78 is 0. The van der Waals surface area contributed by atoms with E-state index in [1.165, 1.54) is 14.0 Å². The molecule has 0 spiro atoms. The van der Waals surface area contributed by atoms with Crippen LogP contribution in [0.5, 0.6) is 0 Å². The van der Waals surface area contributed by atoms with Gasteiger partial charge in [-0.05, 0) is 24.1 Å². The molecule has 2 aliphatic rings. The van der Waals surface area contributed by atoms with Gasteiger partial charge in [0.2, 0.25) is 35.4 Å². The predicted octanol–water partition coefficient (Wildman–Crippen LogP) is -1.85. The van der Waals surface area contributed by atoms with Crippen molar-refractivity contribution in [3.05, 3.63) is 102 Å². The van der Waals surface area contributed by atoms with Crippen molar-refractivity contribution in [2.75, 3.05) is 26.7 Å². The molecular formula is C46H58N8O12. The lowest BCUT2D eigenvalue weighted by Crippen LogP contribution is -2.63. The molecule has 5 rings (SSSR count). The number of para-hydroxylation sites is 1. The Hall–Kier alpha value is -6.71. The van der Waals surface area contributed by atoms with Crippen LogP contribution in [0.15, 0.2) is 90.7 Å². The summed E-state index contributed by atoms with van der Waals surface area (Å²) >= 11 is 0. The van der Waals surface area contributed by atoms with Gasteiger partial charge in [0.15, 0.2) is 11.8 Å². The number of β-amino-alcohol motifs (C(OH)–C–C–N with tert-alkyl or cyclic N) is 1. The third-order valence-electron chi connectivity index (χ3n) is 11.3. The zero-order chi connectivity index (χ0) is 48.1. The molecule has 0 bridgehead atoms. The summed E-state index contributed by atoms with van der Waals surface area (Å²) in [7, 11) is 1.23. The van der Waals surface area contributed by atoms with Crippen molar-refractivity contribution in [3.8, 4) is 0 Å². The number of benzene rings is 2. The highest BCUT2D eigenvalue weighted by atomic mass is 16.3. The van der Waals surface area contributed by atoms with Crippen LogP contribution in [-0.4, -0.2) is 152 Å². The van der Waals surface area contributed by atoms with Crippen molar-refractivity contribution < 1.29 is 59.1 Å². The Labute approximate surface area is 380 Å². The molecule has 2 aromatic carbocycles.